The van der Waals surface area contributed by atoms with Gasteiger partial charge in [-0.05, 0) is 60.2 Å². The SMILES string of the molecule is CC(=O)NCCCc1nnc(SCC(=O)c2ccc(I)cc2)n1-c1ccc(C)cc1. The molecular formula is C22H23IN4O2S. The van der Waals surface area contributed by atoms with Gasteiger partial charge >= 0.3 is 0 Å². The van der Waals surface area contributed by atoms with Crippen molar-refractivity contribution in [2.75, 3.05) is 12.3 Å². The number of aromatic nitrogens is 3. The molecule has 0 radical (unpaired) electrons. The average molecular weight is 534 g/mol. The van der Waals surface area contributed by atoms with Gasteiger partial charge in [0.05, 0.1) is 5.75 Å². The maximum Gasteiger partial charge on any atom is 0.216 e. The van der Waals surface area contributed by atoms with E-state index in [1.165, 1.54) is 24.2 Å². The smallest absolute Gasteiger partial charge is 0.216 e. The van der Waals surface area contributed by atoms with Crippen molar-refractivity contribution in [1.29, 1.82) is 0 Å². The monoisotopic (exact) mass is 534 g/mol. The van der Waals surface area contributed by atoms with Crippen LogP contribution in [0.5, 0.6) is 0 Å². The third-order valence-electron chi connectivity index (χ3n) is 4.44. The number of Topliss-reactive ketones (excluding diaryl/α,β-unsaturated/α-hetero) is 1. The molecule has 3 aromatic rings. The highest BCUT2D eigenvalue weighted by Gasteiger charge is 2.16. The van der Waals surface area contributed by atoms with Gasteiger partial charge in [-0.15, -0.1) is 10.2 Å². The number of ketones is 1. The zero-order chi connectivity index (χ0) is 21.5. The van der Waals surface area contributed by atoms with Crippen LogP contribution in [0.15, 0.2) is 53.7 Å². The van der Waals surface area contributed by atoms with Gasteiger partial charge in [-0.25, -0.2) is 0 Å². The molecule has 0 unspecified atom stereocenters. The number of halogens is 1. The zero-order valence-corrected chi connectivity index (χ0v) is 19.9. The molecule has 1 aromatic heterocycles. The van der Waals surface area contributed by atoms with Crippen LogP contribution in [0.1, 0.15) is 35.1 Å². The Kier molecular flexibility index (Phi) is 8.03. The van der Waals surface area contributed by atoms with E-state index < -0.39 is 0 Å². The summed E-state index contributed by atoms with van der Waals surface area (Å²) >= 11 is 3.61. The molecule has 6 nitrogen and oxygen atoms in total. The number of carbonyl (C=O) groups excluding carboxylic acids is 2. The normalized spacial score (nSPS) is 10.8. The second-order valence-corrected chi connectivity index (χ2v) is 9.06. The van der Waals surface area contributed by atoms with Crippen molar-refractivity contribution in [3.05, 3.63) is 69.1 Å². The standard InChI is InChI=1S/C22H23IN4O2S/c1-15-5-11-19(12-6-15)27-21(4-3-13-24-16(2)28)25-26-22(27)30-14-20(29)17-7-9-18(23)10-8-17/h5-12H,3-4,13-14H2,1-2H3,(H,24,28). The molecule has 30 heavy (non-hydrogen) atoms. The van der Waals surface area contributed by atoms with Crippen LogP contribution in [0.2, 0.25) is 0 Å². The second kappa shape index (κ2) is 10.7. The number of aryl methyl sites for hydroxylation is 2. The van der Waals surface area contributed by atoms with Gasteiger partial charge in [-0.3, -0.25) is 14.2 Å². The number of nitrogens with one attached hydrogen (secondary N) is 1. The third-order valence-corrected chi connectivity index (χ3v) is 6.09. The lowest BCUT2D eigenvalue weighted by atomic mass is 10.2. The van der Waals surface area contributed by atoms with E-state index in [1.807, 2.05) is 60.0 Å². The van der Waals surface area contributed by atoms with E-state index in [1.54, 1.807) is 0 Å². The minimum atomic E-state index is -0.0413. The maximum absolute atomic E-state index is 12.6. The topological polar surface area (TPSA) is 76.9 Å². The van der Waals surface area contributed by atoms with E-state index in [4.69, 9.17) is 0 Å². The average Bonchev–Trinajstić information content (AvgIpc) is 3.13. The lowest BCUT2D eigenvalue weighted by molar-refractivity contribution is -0.118. The molecule has 0 saturated heterocycles. The molecule has 0 saturated carbocycles. The summed E-state index contributed by atoms with van der Waals surface area (Å²) in [5, 5.41) is 12.2. The summed E-state index contributed by atoms with van der Waals surface area (Å²) in [5.41, 5.74) is 2.83. The number of amides is 1. The summed E-state index contributed by atoms with van der Waals surface area (Å²) in [6.07, 6.45) is 1.43. The summed E-state index contributed by atoms with van der Waals surface area (Å²) in [6, 6.07) is 15.7. The lowest BCUT2D eigenvalue weighted by Crippen LogP contribution is -2.21. The summed E-state index contributed by atoms with van der Waals surface area (Å²) < 4.78 is 3.10. The molecule has 1 amide bonds. The van der Waals surface area contributed by atoms with Crippen molar-refractivity contribution in [3.63, 3.8) is 0 Å². The molecular weight excluding hydrogens is 511 g/mol. The molecule has 0 atom stereocenters. The first-order chi connectivity index (χ1) is 14.4. The predicted molar refractivity (Wildman–Crippen MR) is 127 cm³/mol. The molecule has 0 aliphatic carbocycles. The minimum Gasteiger partial charge on any atom is -0.356 e. The molecule has 2 aromatic carbocycles. The van der Waals surface area contributed by atoms with Crippen LogP contribution in [-0.2, 0) is 11.2 Å². The Labute approximate surface area is 194 Å². The molecule has 1 heterocycles. The Hall–Kier alpha value is -2.20. The molecule has 0 spiro atoms. The van der Waals surface area contributed by atoms with E-state index in [0.29, 0.717) is 23.7 Å². The van der Waals surface area contributed by atoms with Gasteiger partial charge in [0.25, 0.3) is 0 Å². The van der Waals surface area contributed by atoms with Crippen molar-refractivity contribution >= 4 is 46.0 Å². The van der Waals surface area contributed by atoms with Crippen molar-refractivity contribution in [1.82, 2.24) is 20.1 Å². The van der Waals surface area contributed by atoms with Crippen LogP contribution in [0, 0.1) is 10.5 Å². The molecule has 8 heteroatoms. The lowest BCUT2D eigenvalue weighted by Gasteiger charge is -2.11. The summed E-state index contributed by atoms with van der Waals surface area (Å²) in [5.74, 6) is 1.12. The van der Waals surface area contributed by atoms with Gasteiger partial charge in [-0.2, -0.15) is 0 Å². The molecule has 0 bridgehead atoms. The van der Waals surface area contributed by atoms with Gasteiger partial charge in [0.15, 0.2) is 10.9 Å². The Morgan fingerprint density at radius 3 is 2.43 bits per heavy atom. The van der Waals surface area contributed by atoms with Crippen molar-refractivity contribution in [2.24, 2.45) is 0 Å². The fourth-order valence-electron chi connectivity index (χ4n) is 2.87. The number of carbonyl (C=O) groups is 2. The number of hydrogen-bond donors (Lipinski definition) is 1. The van der Waals surface area contributed by atoms with E-state index in [2.05, 4.69) is 38.1 Å². The van der Waals surface area contributed by atoms with Crippen LogP contribution >= 0.6 is 34.4 Å². The van der Waals surface area contributed by atoms with Crippen molar-refractivity contribution in [3.8, 4) is 5.69 Å². The molecule has 0 aliphatic rings. The summed E-state index contributed by atoms with van der Waals surface area (Å²) in [7, 11) is 0. The van der Waals surface area contributed by atoms with Crippen LogP contribution in [-0.4, -0.2) is 38.8 Å². The van der Waals surface area contributed by atoms with E-state index in [9.17, 15) is 9.59 Å². The highest BCUT2D eigenvalue weighted by Crippen LogP contribution is 2.24. The quantitative estimate of drug-likeness (QED) is 0.193. The number of thioether (sulfide) groups is 1. The van der Waals surface area contributed by atoms with Crippen LogP contribution in [0.25, 0.3) is 5.69 Å². The summed E-state index contributed by atoms with van der Waals surface area (Å²) in [4.78, 5) is 23.7. The number of benzene rings is 2. The molecule has 0 aliphatic heterocycles. The fraction of sp³-hybridized carbons (Fsp3) is 0.273. The molecule has 1 N–H and O–H groups in total. The van der Waals surface area contributed by atoms with Gasteiger partial charge in [0, 0.05) is 34.7 Å². The molecule has 156 valence electrons. The second-order valence-electron chi connectivity index (χ2n) is 6.88. The first kappa shape index (κ1) is 22.5. The van der Waals surface area contributed by atoms with E-state index >= 15 is 0 Å². The number of rotatable bonds is 9. The van der Waals surface area contributed by atoms with Gasteiger partial charge in [0.1, 0.15) is 5.82 Å². The Balaban J connectivity index is 1.77. The Morgan fingerprint density at radius 1 is 1.07 bits per heavy atom. The maximum atomic E-state index is 12.6. The number of nitrogens with zero attached hydrogens (tertiary/aromatic N) is 3. The minimum absolute atomic E-state index is 0.0413. The molecule has 3 rings (SSSR count). The molecule has 0 fully saturated rings. The first-order valence-electron chi connectivity index (χ1n) is 9.61. The highest BCUT2D eigenvalue weighted by atomic mass is 127. The zero-order valence-electron chi connectivity index (χ0n) is 16.9. The Morgan fingerprint density at radius 2 is 1.77 bits per heavy atom. The van der Waals surface area contributed by atoms with Gasteiger partial charge in [0.2, 0.25) is 5.91 Å². The van der Waals surface area contributed by atoms with Crippen molar-refractivity contribution < 1.29 is 9.59 Å². The summed E-state index contributed by atoms with van der Waals surface area (Å²) in [6.45, 7) is 4.14. The van der Waals surface area contributed by atoms with Crippen LogP contribution in [0.4, 0.5) is 0 Å². The largest absolute Gasteiger partial charge is 0.356 e. The van der Waals surface area contributed by atoms with E-state index in [-0.39, 0.29) is 17.4 Å². The highest BCUT2D eigenvalue weighted by molar-refractivity contribution is 14.1. The third kappa shape index (κ3) is 6.15. The number of hydrogen-bond acceptors (Lipinski definition) is 5. The van der Waals surface area contributed by atoms with Crippen molar-refractivity contribution in [2.45, 2.75) is 31.8 Å². The fourth-order valence-corrected chi connectivity index (χ4v) is 4.09. The van der Waals surface area contributed by atoms with E-state index in [0.717, 1.165) is 21.5 Å². The first-order valence-corrected chi connectivity index (χ1v) is 11.7. The predicted octanol–water partition coefficient (Wildman–Crippen LogP) is 4.22. The van der Waals surface area contributed by atoms with Gasteiger partial charge < -0.3 is 5.32 Å². The Bertz CT molecular complexity index is 1020. The van der Waals surface area contributed by atoms with Gasteiger partial charge in [-0.1, -0.05) is 41.6 Å². The van der Waals surface area contributed by atoms with Crippen LogP contribution in [0.3, 0.4) is 0 Å². The van der Waals surface area contributed by atoms with Crippen LogP contribution < -0.4 is 5.32 Å².